The number of aryl methyl sites for hydroxylation is 1. The van der Waals surface area contributed by atoms with Crippen molar-refractivity contribution in [2.45, 2.75) is 26.7 Å². The summed E-state index contributed by atoms with van der Waals surface area (Å²) in [6.07, 6.45) is 1.13. The number of benzene rings is 2. The number of hydrogen-bond acceptors (Lipinski definition) is 4. The molecule has 0 aliphatic rings. The molecule has 0 spiro atoms. The molecule has 6 heteroatoms. The van der Waals surface area contributed by atoms with Gasteiger partial charge in [-0.05, 0) is 50.1 Å². The van der Waals surface area contributed by atoms with E-state index in [1.54, 1.807) is 37.2 Å². The van der Waals surface area contributed by atoms with Crippen LogP contribution in [0.25, 0.3) is 0 Å². The number of hydrogen-bond donors (Lipinski definition) is 1. The first kappa shape index (κ1) is 21.3. The molecule has 2 aromatic rings. The number of nitrogens with one attached hydrogen (secondary N) is 1. The van der Waals surface area contributed by atoms with E-state index in [4.69, 9.17) is 9.47 Å². The summed E-state index contributed by atoms with van der Waals surface area (Å²) in [6, 6.07) is 12.7. The number of carbonyl (C=O) groups is 2. The number of anilines is 1. The average Bonchev–Trinajstić information content (AvgIpc) is 2.67. The van der Waals surface area contributed by atoms with Crippen LogP contribution in [0.2, 0.25) is 0 Å². The van der Waals surface area contributed by atoms with Crippen LogP contribution in [0.3, 0.4) is 0 Å². The van der Waals surface area contributed by atoms with Gasteiger partial charge in [-0.3, -0.25) is 9.59 Å². The third kappa shape index (κ3) is 6.01. The molecule has 0 atom stereocenters. The quantitative estimate of drug-likeness (QED) is 0.715. The Morgan fingerprint density at radius 3 is 2.25 bits per heavy atom. The minimum absolute atomic E-state index is 0.0938. The SMILES string of the molecule is CCOc1ccc(C(=O)Nc2ccc(CCC(=O)N(C)C)cc2)c(OCC)c1. The summed E-state index contributed by atoms with van der Waals surface area (Å²) in [7, 11) is 3.50. The fourth-order valence-corrected chi connectivity index (χ4v) is 2.65. The Labute approximate surface area is 166 Å². The van der Waals surface area contributed by atoms with Crippen LogP contribution in [0.4, 0.5) is 5.69 Å². The first-order chi connectivity index (χ1) is 13.4. The second-order valence-electron chi connectivity index (χ2n) is 6.46. The van der Waals surface area contributed by atoms with Gasteiger partial charge in [-0.15, -0.1) is 0 Å². The van der Waals surface area contributed by atoms with E-state index in [-0.39, 0.29) is 11.8 Å². The summed E-state index contributed by atoms with van der Waals surface area (Å²) in [4.78, 5) is 25.9. The van der Waals surface area contributed by atoms with Crippen LogP contribution in [-0.2, 0) is 11.2 Å². The third-order valence-electron chi connectivity index (χ3n) is 4.15. The fourth-order valence-electron chi connectivity index (χ4n) is 2.65. The highest BCUT2D eigenvalue weighted by atomic mass is 16.5. The van der Waals surface area contributed by atoms with Crippen LogP contribution in [0, 0.1) is 0 Å². The van der Waals surface area contributed by atoms with Gasteiger partial charge in [-0.2, -0.15) is 0 Å². The lowest BCUT2D eigenvalue weighted by Crippen LogP contribution is -2.21. The highest BCUT2D eigenvalue weighted by molar-refractivity contribution is 6.06. The van der Waals surface area contributed by atoms with Gasteiger partial charge >= 0.3 is 0 Å². The van der Waals surface area contributed by atoms with Gasteiger partial charge in [0.25, 0.3) is 5.91 Å². The van der Waals surface area contributed by atoms with E-state index in [0.29, 0.717) is 48.8 Å². The predicted octanol–water partition coefficient (Wildman–Crippen LogP) is 3.76. The minimum Gasteiger partial charge on any atom is -0.494 e. The Hall–Kier alpha value is -3.02. The average molecular weight is 384 g/mol. The molecule has 1 N–H and O–H groups in total. The third-order valence-corrected chi connectivity index (χ3v) is 4.15. The van der Waals surface area contributed by atoms with E-state index in [9.17, 15) is 9.59 Å². The first-order valence-electron chi connectivity index (χ1n) is 9.44. The number of ether oxygens (including phenoxy) is 2. The van der Waals surface area contributed by atoms with Gasteiger partial charge in [0.05, 0.1) is 18.8 Å². The molecule has 0 aromatic heterocycles. The monoisotopic (exact) mass is 384 g/mol. The summed E-state index contributed by atoms with van der Waals surface area (Å²) < 4.78 is 11.1. The lowest BCUT2D eigenvalue weighted by molar-refractivity contribution is -0.128. The van der Waals surface area contributed by atoms with Crippen LogP contribution < -0.4 is 14.8 Å². The van der Waals surface area contributed by atoms with Gasteiger partial charge in [-0.25, -0.2) is 0 Å². The second-order valence-corrected chi connectivity index (χ2v) is 6.46. The van der Waals surface area contributed by atoms with Crippen LogP contribution in [0.5, 0.6) is 11.5 Å². The summed E-state index contributed by atoms with van der Waals surface area (Å²) in [5, 5.41) is 2.88. The van der Waals surface area contributed by atoms with Gasteiger partial charge in [0.2, 0.25) is 5.91 Å². The molecular formula is C22H28N2O4. The van der Waals surface area contributed by atoms with Crippen molar-refractivity contribution in [3.63, 3.8) is 0 Å². The van der Waals surface area contributed by atoms with Gasteiger partial charge in [-0.1, -0.05) is 12.1 Å². The molecule has 0 unspecified atom stereocenters. The molecule has 2 aromatic carbocycles. The molecule has 0 radical (unpaired) electrons. The van der Waals surface area contributed by atoms with Gasteiger partial charge in [0.15, 0.2) is 0 Å². The van der Waals surface area contributed by atoms with E-state index in [0.717, 1.165) is 5.56 Å². The molecule has 0 aliphatic carbocycles. The Kier molecular flexibility index (Phi) is 7.87. The Morgan fingerprint density at radius 1 is 0.964 bits per heavy atom. The summed E-state index contributed by atoms with van der Waals surface area (Å²) in [5.74, 6) is 1.00. The standard InChI is InChI=1S/C22H28N2O4/c1-5-27-18-12-13-19(20(15-18)28-6-2)22(26)23-17-10-7-16(8-11-17)9-14-21(25)24(3)4/h7-8,10-13,15H,5-6,9,14H2,1-4H3,(H,23,26). The Morgan fingerprint density at radius 2 is 1.64 bits per heavy atom. The minimum atomic E-state index is -0.248. The lowest BCUT2D eigenvalue weighted by Gasteiger charge is -2.13. The number of amides is 2. The zero-order chi connectivity index (χ0) is 20.5. The maximum Gasteiger partial charge on any atom is 0.259 e. The molecule has 6 nitrogen and oxygen atoms in total. The molecule has 2 amide bonds. The highest BCUT2D eigenvalue weighted by Gasteiger charge is 2.14. The zero-order valence-electron chi connectivity index (χ0n) is 17.0. The van der Waals surface area contributed by atoms with Crippen molar-refractivity contribution in [1.82, 2.24) is 4.90 Å². The molecule has 28 heavy (non-hydrogen) atoms. The first-order valence-corrected chi connectivity index (χ1v) is 9.44. The highest BCUT2D eigenvalue weighted by Crippen LogP contribution is 2.26. The van der Waals surface area contributed by atoms with E-state index >= 15 is 0 Å². The van der Waals surface area contributed by atoms with Gasteiger partial charge in [0, 0.05) is 32.3 Å². The number of rotatable bonds is 9. The van der Waals surface area contributed by atoms with E-state index in [1.165, 1.54) is 0 Å². The van der Waals surface area contributed by atoms with E-state index in [1.807, 2.05) is 38.1 Å². The van der Waals surface area contributed by atoms with Gasteiger partial charge < -0.3 is 19.7 Å². The molecule has 150 valence electrons. The van der Waals surface area contributed by atoms with Crippen molar-refractivity contribution in [2.75, 3.05) is 32.6 Å². The van der Waals surface area contributed by atoms with Crippen LogP contribution in [-0.4, -0.2) is 44.0 Å². The molecular weight excluding hydrogens is 356 g/mol. The zero-order valence-corrected chi connectivity index (χ0v) is 17.0. The molecule has 0 saturated carbocycles. The van der Waals surface area contributed by atoms with Crippen molar-refractivity contribution in [1.29, 1.82) is 0 Å². The van der Waals surface area contributed by atoms with Gasteiger partial charge in [0.1, 0.15) is 11.5 Å². The van der Waals surface area contributed by atoms with E-state index < -0.39 is 0 Å². The van der Waals surface area contributed by atoms with Crippen molar-refractivity contribution < 1.29 is 19.1 Å². The Bertz CT molecular complexity index is 801. The number of nitrogens with zero attached hydrogens (tertiary/aromatic N) is 1. The molecule has 0 saturated heterocycles. The molecule has 2 rings (SSSR count). The van der Waals surface area contributed by atoms with E-state index in [2.05, 4.69) is 5.32 Å². The van der Waals surface area contributed by atoms with Crippen LogP contribution in [0.15, 0.2) is 42.5 Å². The lowest BCUT2D eigenvalue weighted by atomic mass is 10.1. The summed E-state index contributed by atoms with van der Waals surface area (Å²) in [5.41, 5.74) is 2.18. The van der Waals surface area contributed by atoms with Crippen molar-refractivity contribution in [2.24, 2.45) is 0 Å². The van der Waals surface area contributed by atoms with Crippen molar-refractivity contribution in [3.05, 3.63) is 53.6 Å². The maximum atomic E-state index is 12.7. The van der Waals surface area contributed by atoms with Crippen molar-refractivity contribution in [3.8, 4) is 11.5 Å². The van der Waals surface area contributed by atoms with Crippen LogP contribution in [0.1, 0.15) is 36.2 Å². The van der Waals surface area contributed by atoms with Crippen molar-refractivity contribution >= 4 is 17.5 Å². The fraction of sp³-hybridized carbons (Fsp3) is 0.364. The Balaban J connectivity index is 2.05. The molecule has 0 heterocycles. The smallest absolute Gasteiger partial charge is 0.259 e. The molecule has 0 fully saturated rings. The molecule has 0 bridgehead atoms. The molecule has 0 aliphatic heterocycles. The topological polar surface area (TPSA) is 67.9 Å². The summed E-state index contributed by atoms with van der Waals surface area (Å²) in [6.45, 7) is 4.77. The normalized spacial score (nSPS) is 10.3. The summed E-state index contributed by atoms with van der Waals surface area (Å²) >= 11 is 0. The van der Waals surface area contributed by atoms with Crippen LogP contribution >= 0.6 is 0 Å². The largest absolute Gasteiger partial charge is 0.494 e. The predicted molar refractivity (Wildman–Crippen MR) is 110 cm³/mol. The number of carbonyl (C=O) groups excluding carboxylic acids is 2. The second kappa shape index (κ2) is 10.3. The maximum absolute atomic E-state index is 12.7.